The van der Waals surface area contributed by atoms with Gasteiger partial charge in [-0.3, -0.25) is 14.6 Å². The molecule has 1 unspecified atom stereocenters. The molecule has 36 heavy (non-hydrogen) atoms. The molecular formula is C25H25N7O3S. The number of amides is 2. The first-order valence-electron chi connectivity index (χ1n) is 11.5. The number of nitrogens with one attached hydrogen (secondary N) is 2. The summed E-state index contributed by atoms with van der Waals surface area (Å²) in [4.78, 5) is 28.5. The number of pyridine rings is 1. The number of anilines is 2. The fourth-order valence-electron chi connectivity index (χ4n) is 3.36. The van der Waals surface area contributed by atoms with Crippen molar-refractivity contribution in [1.29, 1.82) is 0 Å². The van der Waals surface area contributed by atoms with E-state index in [9.17, 15) is 14.7 Å². The molecule has 0 fully saturated rings. The topological polar surface area (TPSA) is 143 Å². The van der Waals surface area contributed by atoms with Crippen LogP contribution in [0.4, 0.5) is 10.9 Å². The minimum atomic E-state index is -1.28. The first-order chi connectivity index (χ1) is 17.6. The van der Waals surface area contributed by atoms with Gasteiger partial charge >= 0.3 is 0 Å². The molecule has 0 aliphatic heterocycles. The predicted octanol–water partition coefficient (Wildman–Crippen LogP) is 3.14. The molecule has 4 aromatic rings. The molecule has 184 valence electrons. The number of unbranched alkanes of at least 4 members (excludes halogenated alkanes) is 1. The number of nitrogens with zero attached hydrogens (tertiary/aromatic N) is 5. The number of hydrogen-bond donors (Lipinski definition) is 3. The molecule has 3 heterocycles. The van der Waals surface area contributed by atoms with Gasteiger partial charge in [0.15, 0.2) is 11.9 Å². The van der Waals surface area contributed by atoms with Crippen molar-refractivity contribution >= 4 is 34.1 Å². The lowest BCUT2D eigenvalue weighted by Gasteiger charge is -2.11. The summed E-state index contributed by atoms with van der Waals surface area (Å²) >= 11 is 1.36. The number of carbonyl (C=O) groups is 2. The third-order valence-electron chi connectivity index (χ3n) is 5.19. The van der Waals surface area contributed by atoms with Crippen LogP contribution in [0, 0.1) is 0 Å². The monoisotopic (exact) mass is 503 g/mol. The molecule has 1 aromatic carbocycles. The summed E-state index contributed by atoms with van der Waals surface area (Å²) in [5.74, 6) is -0.456. The lowest BCUT2D eigenvalue weighted by atomic mass is 10.1. The number of carbonyl (C=O) groups excluding carboxylic acids is 2. The zero-order valence-electron chi connectivity index (χ0n) is 19.4. The average Bonchev–Trinajstić information content (AvgIpc) is 3.35. The second-order valence-electron chi connectivity index (χ2n) is 7.97. The molecule has 2 amide bonds. The van der Waals surface area contributed by atoms with Crippen LogP contribution in [0.3, 0.4) is 0 Å². The first-order valence-corrected chi connectivity index (χ1v) is 12.3. The summed E-state index contributed by atoms with van der Waals surface area (Å²) in [6, 6.07) is 17.6. The highest BCUT2D eigenvalue weighted by atomic mass is 32.1. The summed E-state index contributed by atoms with van der Waals surface area (Å²) in [5, 5.41) is 33.2. The van der Waals surface area contributed by atoms with Crippen LogP contribution in [0.15, 0.2) is 66.9 Å². The van der Waals surface area contributed by atoms with E-state index in [4.69, 9.17) is 0 Å². The van der Waals surface area contributed by atoms with E-state index in [0.29, 0.717) is 16.4 Å². The molecule has 0 spiro atoms. The zero-order valence-corrected chi connectivity index (χ0v) is 20.2. The van der Waals surface area contributed by atoms with Gasteiger partial charge in [-0.2, -0.15) is 5.10 Å². The fourth-order valence-corrected chi connectivity index (χ4v) is 4.16. The van der Waals surface area contributed by atoms with Crippen LogP contribution in [0.5, 0.6) is 0 Å². The van der Waals surface area contributed by atoms with Gasteiger partial charge in [-0.1, -0.05) is 47.7 Å². The number of aromatic nitrogens is 5. The van der Waals surface area contributed by atoms with Crippen molar-refractivity contribution in [2.24, 2.45) is 0 Å². The Morgan fingerprint density at radius 1 is 0.833 bits per heavy atom. The fraction of sp³-hybridized carbons (Fsp3) is 0.240. The lowest BCUT2D eigenvalue weighted by Crippen LogP contribution is -2.21. The highest BCUT2D eigenvalue weighted by molar-refractivity contribution is 7.15. The van der Waals surface area contributed by atoms with Crippen molar-refractivity contribution < 1.29 is 14.7 Å². The van der Waals surface area contributed by atoms with Crippen molar-refractivity contribution in [3.8, 4) is 0 Å². The van der Waals surface area contributed by atoms with E-state index in [0.717, 1.165) is 36.4 Å². The number of rotatable bonds is 11. The summed E-state index contributed by atoms with van der Waals surface area (Å²) < 4.78 is 0. The van der Waals surface area contributed by atoms with Crippen molar-refractivity contribution in [1.82, 2.24) is 25.4 Å². The highest BCUT2D eigenvalue weighted by Crippen LogP contribution is 2.18. The van der Waals surface area contributed by atoms with Crippen LogP contribution in [0.1, 0.15) is 40.9 Å². The third-order valence-corrected chi connectivity index (χ3v) is 6.09. The molecule has 4 rings (SSSR count). The Morgan fingerprint density at radius 2 is 1.64 bits per heavy atom. The van der Waals surface area contributed by atoms with Crippen molar-refractivity contribution in [3.63, 3.8) is 0 Å². The normalized spacial score (nSPS) is 11.6. The summed E-state index contributed by atoms with van der Waals surface area (Å²) in [6.07, 6.45) is 3.78. The Hall–Kier alpha value is -4.09. The van der Waals surface area contributed by atoms with E-state index in [1.807, 2.05) is 12.1 Å². The Kier molecular flexibility index (Phi) is 8.73. The van der Waals surface area contributed by atoms with E-state index >= 15 is 0 Å². The number of aliphatic hydroxyl groups is 1. The molecular weight excluding hydrogens is 478 g/mol. The highest BCUT2D eigenvalue weighted by Gasteiger charge is 2.17. The Bertz CT molecular complexity index is 1270. The standard InChI is InChI=1S/C25H25N7O3S/c33-21(16-19-11-6-7-15-26-19)28-25-32-31-22(36-25)12-5-4-10-18-13-14-20(30-29-18)27-24(35)23(34)17-8-2-1-3-9-17/h1-3,6-9,11,13-15,23,34H,4-5,10,12,16H2,(H,27,30,35)(H,28,32,33). The summed E-state index contributed by atoms with van der Waals surface area (Å²) in [5.41, 5.74) is 2.01. The average molecular weight is 504 g/mol. The van der Waals surface area contributed by atoms with Gasteiger partial charge in [0.2, 0.25) is 11.0 Å². The SMILES string of the molecule is O=C(Cc1ccccn1)Nc1nnc(CCCCc2ccc(NC(=O)C(O)c3ccccc3)nn2)s1. The molecule has 1 atom stereocenters. The molecule has 3 N–H and O–H groups in total. The minimum Gasteiger partial charge on any atom is -0.378 e. The van der Waals surface area contributed by atoms with Crippen molar-refractivity contribution in [2.45, 2.75) is 38.2 Å². The second kappa shape index (κ2) is 12.6. The molecule has 10 nitrogen and oxygen atoms in total. The van der Waals surface area contributed by atoms with Crippen molar-refractivity contribution in [3.05, 3.63) is 88.8 Å². The maximum absolute atomic E-state index is 12.2. The van der Waals surface area contributed by atoms with Gasteiger partial charge < -0.3 is 15.7 Å². The molecule has 11 heteroatoms. The molecule has 0 bridgehead atoms. The van der Waals surface area contributed by atoms with Crippen molar-refractivity contribution in [2.75, 3.05) is 10.6 Å². The largest absolute Gasteiger partial charge is 0.378 e. The summed E-state index contributed by atoms with van der Waals surface area (Å²) in [6.45, 7) is 0. The third kappa shape index (κ3) is 7.45. The minimum absolute atomic E-state index is 0.177. The van der Waals surface area contributed by atoms with Gasteiger partial charge in [-0.25, -0.2) is 0 Å². The van der Waals surface area contributed by atoms with Crippen LogP contribution < -0.4 is 10.6 Å². The van der Waals surface area contributed by atoms with Crippen LogP contribution >= 0.6 is 11.3 Å². The lowest BCUT2D eigenvalue weighted by molar-refractivity contribution is -0.124. The van der Waals surface area contributed by atoms with Crippen LogP contribution in [-0.4, -0.2) is 42.3 Å². The number of benzene rings is 1. The molecule has 0 saturated carbocycles. The molecule has 3 aromatic heterocycles. The van der Waals surface area contributed by atoms with E-state index < -0.39 is 12.0 Å². The predicted molar refractivity (Wildman–Crippen MR) is 135 cm³/mol. The maximum atomic E-state index is 12.2. The number of aryl methyl sites for hydroxylation is 2. The van der Waals surface area contributed by atoms with E-state index in [1.54, 1.807) is 54.7 Å². The van der Waals surface area contributed by atoms with Gasteiger partial charge in [0, 0.05) is 18.3 Å². The van der Waals surface area contributed by atoms with Gasteiger partial charge in [0.05, 0.1) is 12.1 Å². The summed E-state index contributed by atoms with van der Waals surface area (Å²) in [7, 11) is 0. The van der Waals surface area contributed by atoms with Gasteiger partial charge in [-0.05, 0) is 49.1 Å². The smallest absolute Gasteiger partial charge is 0.259 e. The van der Waals surface area contributed by atoms with Crippen LogP contribution in [-0.2, 0) is 28.9 Å². The Morgan fingerprint density at radius 3 is 2.39 bits per heavy atom. The molecule has 0 aliphatic rings. The molecule has 0 saturated heterocycles. The Labute approximate surface area is 211 Å². The van der Waals surface area contributed by atoms with E-state index in [-0.39, 0.29) is 18.1 Å². The molecule has 0 radical (unpaired) electrons. The zero-order chi connectivity index (χ0) is 25.2. The first kappa shape index (κ1) is 25.0. The molecule has 0 aliphatic carbocycles. The van der Waals surface area contributed by atoms with E-state index in [2.05, 4.69) is 36.0 Å². The Balaban J connectivity index is 1.16. The van der Waals surface area contributed by atoms with Gasteiger partial charge in [0.25, 0.3) is 5.91 Å². The van der Waals surface area contributed by atoms with Crippen LogP contribution in [0.2, 0.25) is 0 Å². The number of aliphatic hydroxyl groups excluding tert-OH is 1. The van der Waals surface area contributed by atoms with E-state index in [1.165, 1.54) is 11.3 Å². The quantitative estimate of drug-likeness (QED) is 0.265. The van der Waals surface area contributed by atoms with Gasteiger partial charge in [0.1, 0.15) is 5.01 Å². The second-order valence-corrected chi connectivity index (χ2v) is 9.03. The maximum Gasteiger partial charge on any atom is 0.259 e. The van der Waals surface area contributed by atoms with Gasteiger partial charge in [-0.15, -0.1) is 15.3 Å². The van der Waals surface area contributed by atoms with Crippen LogP contribution in [0.25, 0.3) is 0 Å². The number of hydrogen-bond acceptors (Lipinski definition) is 9.